The summed E-state index contributed by atoms with van der Waals surface area (Å²) in [4.78, 5) is 23.2. The molecule has 0 saturated heterocycles. The number of halogens is 2. The number of carbonyl (C=O) groups is 2. The first kappa shape index (κ1) is 15.8. The zero-order valence-electron chi connectivity index (χ0n) is 11.1. The normalized spacial score (nSPS) is 21.5. The summed E-state index contributed by atoms with van der Waals surface area (Å²) in [5.41, 5.74) is 0.382. The van der Waals surface area contributed by atoms with Gasteiger partial charge >= 0.3 is 5.97 Å². The van der Waals surface area contributed by atoms with Gasteiger partial charge in [0.05, 0.1) is 5.92 Å². The van der Waals surface area contributed by atoms with Crippen molar-refractivity contribution in [2.75, 3.05) is 0 Å². The molecule has 0 spiro atoms. The van der Waals surface area contributed by atoms with Gasteiger partial charge in [-0.3, -0.25) is 9.59 Å². The Morgan fingerprint density at radius 3 is 2.43 bits per heavy atom. The van der Waals surface area contributed by atoms with Crippen LogP contribution in [-0.4, -0.2) is 28.8 Å². The van der Waals surface area contributed by atoms with E-state index in [4.69, 9.17) is 5.11 Å². The molecule has 1 saturated carbocycles. The summed E-state index contributed by atoms with van der Waals surface area (Å²) in [5, 5.41) is 11.7. The predicted molar refractivity (Wildman–Crippen MR) is 74.5 cm³/mol. The molecule has 2 atom stereocenters. The minimum absolute atomic E-state index is 0.145. The number of nitrogens with one attached hydrogen (secondary N) is 1. The lowest BCUT2D eigenvalue weighted by atomic mass is 10.1. The quantitative estimate of drug-likeness (QED) is 0.820. The average molecular weight is 315 g/mol. The van der Waals surface area contributed by atoms with Crippen molar-refractivity contribution in [1.29, 1.82) is 0 Å². The molecule has 2 rings (SSSR count). The van der Waals surface area contributed by atoms with Crippen LogP contribution >= 0.6 is 11.8 Å². The van der Waals surface area contributed by atoms with Crippen LogP contribution in [0, 0.1) is 5.92 Å². The van der Waals surface area contributed by atoms with Crippen molar-refractivity contribution < 1.29 is 23.5 Å². The van der Waals surface area contributed by atoms with Gasteiger partial charge in [0.1, 0.15) is 0 Å². The van der Waals surface area contributed by atoms with Crippen molar-refractivity contribution in [3.05, 3.63) is 29.8 Å². The van der Waals surface area contributed by atoms with Crippen LogP contribution in [0.1, 0.15) is 29.6 Å². The first-order valence-corrected chi connectivity index (χ1v) is 7.42. The highest BCUT2D eigenvalue weighted by Crippen LogP contribution is 2.27. The number of carbonyl (C=O) groups excluding carboxylic acids is 1. The monoisotopic (exact) mass is 315 g/mol. The SMILES string of the molecule is O=C(N[C@H]1CC[C@@H](C(=O)O)C1)c1ccc(SC(F)F)cc1. The summed E-state index contributed by atoms with van der Waals surface area (Å²) in [6, 6.07) is 5.78. The van der Waals surface area contributed by atoms with E-state index in [1.807, 2.05) is 0 Å². The molecule has 1 amide bonds. The second-order valence-corrected chi connectivity index (χ2v) is 5.98. The third-order valence-electron chi connectivity index (χ3n) is 3.46. The Morgan fingerprint density at radius 2 is 1.90 bits per heavy atom. The Balaban J connectivity index is 1.90. The third kappa shape index (κ3) is 4.42. The summed E-state index contributed by atoms with van der Waals surface area (Å²) in [5.74, 6) is -4.03. The molecule has 1 fully saturated rings. The van der Waals surface area contributed by atoms with Gasteiger partial charge in [-0.25, -0.2) is 0 Å². The summed E-state index contributed by atoms with van der Waals surface area (Å²) in [6.45, 7) is 0. The lowest BCUT2D eigenvalue weighted by Gasteiger charge is -2.12. The van der Waals surface area contributed by atoms with Crippen molar-refractivity contribution in [2.45, 2.75) is 36.0 Å². The third-order valence-corrected chi connectivity index (χ3v) is 4.18. The standard InChI is InChI=1S/C14H15F2NO3S/c15-14(16)21-11-5-2-8(3-6-11)12(18)17-10-4-1-9(7-10)13(19)20/h2-3,5-6,9-10,14H,1,4,7H2,(H,17,18)(H,19,20)/t9-,10+/m1/s1. The van der Waals surface area contributed by atoms with Gasteiger partial charge < -0.3 is 10.4 Å². The van der Waals surface area contributed by atoms with E-state index in [0.717, 1.165) is 0 Å². The average Bonchev–Trinajstić information content (AvgIpc) is 2.87. The Kier molecular flexibility index (Phi) is 5.17. The molecule has 1 aliphatic rings. The molecule has 0 heterocycles. The number of carboxylic acids is 1. The van der Waals surface area contributed by atoms with Crippen LogP contribution in [0.4, 0.5) is 8.78 Å². The number of amides is 1. The van der Waals surface area contributed by atoms with E-state index in [1.165, 1.54) is 24.3 Å². The molecule has 0 aliphatic heterocycles. The van der Waals surface area contributed by atoms with Crippen molar-refractivity contribution >= 4 is 23.6 Å². The van der Waals surface area contributed by atoms with Gasteiger partial charge in [0.2, 0.25) is 0 Å². The maximum Gasteiger partial charge on any atom is 0.306 e. The number of carboxylic acid groups (broad SMARTS) is 1. The molecular formula is C14H15F2NO3S. The summed E-state index contributed by atoms with van der Waals surface area (Å²) in [7, 11) is 0. The number of hydrogen-bond acceptors (Lipinski definition) is 3. The smallest absolute Gasteiger partial charge is 0.306 e. The molecule has 0 unspecified atom stereocenters. The molecule has 1 aromatic rings. The first-order valence-electron chi connectivity index (χ1n) is 6.54. The molecule has 7 heteroatoms. The van der Waals surface area contributed by atoms with E-state index in [2.05, 4.69) is 5.32 Å². The van der Waals surface area contributed by atoms with Gasteiger partial charge in [0, 0.05) is 16.5 Å². The zero-order chi connectivity index (χ0) is 15.4. The Labute approximate surface area is 124 Å². The van der Waals surface area contributed by atoms with Crippen LogP contribution in [0.3, 0.4) is 0 Å². The van der Waals surface area contributed by atoms with Crippen LogP contribution in [-0.2, 0) is 4.79 Å². The summed E-state index contributed by atoms with van der Waals surface area (Å²) >= 11 is 0.425. The number of rotatable bonds is 5. The van der Waals surface area contributed by atoms with Crippen LogP contribution < -0.4 is 5.32 Å². The zero-order valence-corrected chi connectivity index (χ0v) is 11.9. The van der Waals surface area contributed by atoms with Crippen molar-refractivity contribution in [3.63, 3.8) is 0 Å². The lowest BCUT2D eigenvalue weighted by molar-refractivity contribution is -0.141. The minimum Gasteiger partial charge on any atom is -0.481 e. The molecule has 2 N–H and O–H groups in total. The summed E-state index contributed by atoms with van der Waals surface area (Å²) < 4.78 is 24.4. The van der Waals surface area contributed by atoms with E-state index in [1.54, 1.807) is 0 Å². The van der Waals surface area contributed by atoms with E-state index < -0.39 is 17.6 Å². The Morgan fingerprint density at radius 1 is 1.24 bits per heavy atom. The van der Waals surface area contributed by atoms with Crippen molar-refractivity contribution in [1.82, 2.24) is 5.32 Å². The fourth-order valence-corrected chi connectivity index (χ4v) is 2.89. The number of aliphatic carboxylic acids is 1. The number of alkyl halides is 2. The second kappa shape index (κ2) is 6.89. The van der Waals surface area contributed by atoms with Crippen LogP contribution in [0.25, 0.3) is 0 Å². The lowest BCUT2D eigenvalue weighted by Crippen LogP contribution is -2.33. The Bertz CT molecular complexity index is 521. The van der Waals surface area contributed by atoms with Gasteiger partial charge in [-0.1, -0.05) is 11.8 Å². The van der Waals surface area contributed by atoms with Crippen LogP contribution in [0.15, 0.2) is 29.2 Å². The minimum atomic E-state index is -2.49. The highest BCUT2D eigenvalue weighted by atomic mass is 32.2. The molecule has 4 nitrogen and oxygen atoms in total. The van der Waals surface area contributed by atoms with E-state index >= 15 is 0 Å². The maximum atomic E-state index is 12.2. The maximum absolute atomic E-state index is 12.2. The molecular weight excluding hydrogens is 300 g/mol. The van der Waals surface area contributed by atoms with Gasteiger partial charge in [-0.2, -0.15) is 8.78 Å². The molecule has 0 bridgehead atoms. The van der Waals surface area contributed by atoms with Gasteiger partial charge in [-0.05, 0) is 43.5 Å². The largest absolute Gasteiger partial charge is 0.481 e. The van der Waals surface area contributed by atoms with E-state index in [0.29, 0.717) is 41.5 Å². The van der Waals surface area contributed by atoms with E-state index in [-0.39, 0.29) is 11.9 Å². The van der Waals surface area contributed by atoms with Crippen LogP contribution in [0.5, 0.6) is 0 Å². The summed E-state index contributed by atoms with van der Waals surface area (Å²) in [6.07, 6.45) is 1.63. The number of thioether (sulfide) groups is 1. The molecule has 0 radical (unpaired) electrons. The fourth-order valence-electron chi connectivity index (χ4n) is 2.39. The van der Waals surface area contributed by atoms with Gasteiger partial charge in [0.15, 0.2) is 0 Å². The first-order chi connectivity index (χ1) is 9.95. The number of benzene rings is 1. The predicted octanol–water partition coefficient (Wildman–Crippen LogP) is 2.98. The molecule has 0 aromatic heterocycles. The topological polar surface area (TPSA) is 66.4 Å². The molecule has 1 aliphatic carbocycles. The van der Waals surface area contributed by atoms with Crippen molar-refractivity contribution in [3.8, 4) is 0 Å². The molecule has 1 aromatic carbocycles. The number of hydrogen-bond donors (Lipinski definition) is 2. The fraction of sp³-hybridized carbons (Fsp3) is 0.429. The Hall–Kier alpha value is -1.63. The van der Waals surface area contributed by atoms with Crippen LogP contribution in [0.2, 0.25) is 0 Å². The van der Waals surface area contributed by atoms with Gasteiger partial charge in [-0.15, -0.1) is 0 Å². The van der Waals surface area contributed by atoms with Crippen molar-refractivity contribution in [2.24, 2.45) is 5.92 Å². The molecule has 21 heavy (non-hydrogen) atoms. The second-order valence-electron chi connectivity index (χ2n) is 4.92. The highest BCUT2D eigenvalue weighted by molar-refractivity contribution is 7.99. The van der Waals surface area contributed by atoms with Gasteiger partial charge in [0.25, 0.3) is 11.7 Å². The molecule has 114 valence electrons. The highest BCUT2D eigenvalue weighted by Gasteiger charge is 2.30. The van der Waals surface area contributed by atoms with E-state index in [9.17, 15) is 18.4 Å².